The zero-order valence-corrected chi connectivity index (χ0v) is 72.9. The summed E-state index contributed by atoms with van der Waals surface area (Å²) in [6, 6.07) is 16.2. The minimum absolute atomic E-state index is 0.248. The Morgan fingerprint density at radius 3 is 1.12 bits per heavy atom. The number of hydrogen-bond donors (Lipinski definition) is 6. The van der Waals surface area contributed by atoms with E-state index in [-0.39, 0.29) is 31.1 Å². The van der Waals surface area contributed by atoms with E-state index in [1.165, 1.54) is 87.1 Å². The van der Waals surface area contributed by atoms with E-state index in [2.05, 4.69) is 64.7 Å². The van der Waals surface area contributed by atoms with Gasteiger partial charge in [-0.05, 0) is 255 Å². The van der Waals surface area contributed by atoms with Crippen LogP contribution in [0.5, 0.6) is 0 Å². The zero-order chi connectivity index (χ0) is 80.2. The van der Waals surface area contributed by atoms with Crippen molar-refractivity contribution >= 4 is 173 Å². The largest absolute Gasteiger partial charge is 0.481 e. The number of nitrogen functional groups attached to an aromatic ring is 1. The Kier molecular flexibility index (Phi) is 33.8. The van der Waals surface area contributed by atoms with Crippen molar-refractivity contribution in [1.29, 1.82) is 0 Å². The number of halogens is 5. The number of rotatable bonds is 19. The topological polar surface area (TPSA) is 303 Å². The van der Waals surface area contributed by atoms with Crippen LogP contribution in [0, 0.1) is 11.8 Å². The Labute approximate surface area is 700 Å². The monoisotopic (exact) mass is 1730 g/mol. The molecule has 7 aromatic rings. The lowest BCUT2D eigenvalue weighted by atomic mass is 9.98. The normalized spacial score (nSPS) is 15.5. The highest BCUT2D eigenvalue weighted by molar-refractivity contribution is 8.00. The Balaban J connectivity index is 0.000000166. The van der Waals surface area contributed by atoms with Gasteiger partial charge in [-0.3, -0.25) is 9.59 Å². The molecule has 2 aliphatic carbocycles. The van der Waals surface area contributed by atoms with Gasteiger partial charge in [-0.1, -0.05) is 140 Å². The summed E-state index contributed by atoms with van der Waals surface area (Å²) in [7, 11) is 0. The van der Waals surface area contributed by atoms with Crippen LogP contribution in [0.15, 0.2) is 61.5 Å². The number of carbonyl (C=O) groups excluding carboxylic acids is 3. The number of hydrogen-bond acceptors (Lipinski definition) is 24. The van der Waals surface area contributed by atoms with E-state index in [1.54, 1.807) is 72.7 Å². The molecule has 0 atom stereocenters. The SMILES string of the molecule is CC(C)(C)OC(=O)N1CCc2ccc(Cl)c(CCl)c2CC1.CC(C)(C)OC(=O)N1CCc2ccc(Cl)c(CSc3nnc(N)s3)c2CC1.CC(C)(C)OC(=O)N1CCc2ccc(Cl)c(CSc3nnc(NCC4CC4)s3)c2CC1.Clc1ccc2c(c1CSc1nnc(NCC3CC3)s1)CCNCC2.O=C(O)CCC(=O)O. The second kappa shape index (κ2) is 42.2. The van der Waals surface area contributed by atoms with Gasteiger partial charge in [0.1, 0.15) is 16.8 Å². The molecule has 111 heavy (non-hydrogen) atoms. The summed E-state index contributed by atoms with van der Waals surface area (Å²) < 4.78 is 19.3. The van der Waals surface area contributed by atoms with Crippen LogP contribution in [0.2, 0.25) is 20.1 Å². The Bertz CT molecular complexity index is 4300. The molecular formula is C77H100Cl5N13O10S6. The Hall–Kier alpha value is -5.83. The van der Waals surface area contributed by atoms with E-state index < -0.39 is 28.7 Å². The summed E-state index contributed by atoms with van der Waals surface area (Å²) in [6.45, 7) is 24.9. The molecule has 0 radical (unpaired) electrons. The molecule has 3 amide bonds. The Morgan fingerprint density at radius 1 is 0.468 bits per heavy atom. The lowest BCUT2D eigenvalue weighted by Gasteiger charge is -2.26. The molecular weight excluding hydrogens is 1640 g/mol. The van der Waals surface area contributed by atoms with Crippen molar-refractivity contribution in [1.82, 2.24) is 50.6 Å². The van der Waals surface area contributed by atoms with Crippen LogP contribution >= 0.6 is 127 Å². The van der Waals surface area contributed by atoms with Crippen LogP contribution in [0.4, 0.5) is 29.8 Å². The third-order valence-electron chi connectivity index (χ3n) is 18.2. The van der Waals surface area contributed by atoms with Gasteiger partial charge in [0, 0.05) is 95.6 Å². The molecule has 4 aliphatic heterocycles. The summed E-state index contributed by atoms with van der Waals surface area (Å²) in [5.74, 6) is 2.19. The second-order valence-electron chi connectivity index (χ2n) is 30.4. The van der Waals surface area contributed by atoms with Gasteiger partial charge in [-0.2, -0.15) is 0 Å². The van der Waals surface area contributed by atoms with Gasteiger partial charge in [0.25, 0.3) is 0 Å². The molecule has 7 N–H and O–H groups in total. The summed E-state index contributed by atoms with van der Waals surface area (Å²) in [6.07, 6.45) is 10.8. The van der Waals surface area contributed by atoms with Crippen molar-refractivity contribution in [3.05, 3.63) is 135 Å². The highest BCUT2D eigenvalue weighted by atomic mass is 35.5. The van der Waals surface area contributed by atoms with Crippen molar-refractivity contribution in [2.75, 3.05) is 81.8 Å². The number of nitrogens with one attached hydrogen (secondary N) is 3. The third kappa shape index (κ3) is 29.4. The number of thioether (sulfide) groups is 3. The first-order chi connectivity index (χ1) is 52.7. The maximum atomic E-state index is 12.5. The first-order valence-electron chi connectivity index (χ1n) is 37.2. The molecule has 2 fully saturated rings. The van der Waals surface area contributed by atoms with Gasteiger partial charge in [-0.15, -0.1) is 42.2 Å². The van der Waals surface area contributed by atoms with E-state index in [0.717, 1.165) is 156 Å². The zero-order valence-electron chi connectivity index (χ0n) is 64.2. The van der Waals surface area contributed by atoms with Crippen LogP contribution < -0.4 is 21.7 Å². The molecule has 0 spiro atoms. The van der Waals surface area contributed by atoms with Gasteiger partial charge < -0.3 is 60.8 Å². The lowest BCUT2D eigenvalue weighted by Crippen LogP contribution is -2.38. The van der Waals surface area contributed by atoms with Crippen LogP contribution in [0.25, 0.3) is 0 Å². The molecule has 34 heteroatoms. The first-order valence-corrected chi connectivity index (χ1v) is 44.6. The summed E-state index contributed by atoms with van der Waals surface area (Å²) in [5, 5.41) is 56.4. The fourth-order valence-corrected chi connectivity index (χ4v) is 19.2. The van der Waals surface area contributed by atoms with Crippen molar-refractivity contribution in [2.45, 2.75) is 205 Å². The average molecular weight is 1740 g/mol. The quantitative estimate of drug-likeness (QED) is 0.0249. The minimum Gasteiger partial charge on any atom is -0.481 e. The molecule has 7 heterocycles. The number of carbonyl (C=O) groups is 5. The number of carboxylic acids is 2. The number of aliphatic carboxylic acids is 2. The number of aromatic nitrogens is 6. The van der Waals surface area contributed by atoms with E-state index in [0.29, 0.717) is 61.1 Å². The highest BCUT2D eigenvalue weighted by Gasteiger charge is 2.31. The first kappa shape index (κ1) is 89.1. The van der Waals surface area contributed by atoms with Crippen molar-refractivity contribution < 1.29 is 48.4 Å². The van der Waals surface area contributed by atoms with Gasteiger partial charge in [0.15, 0.2) is 13.0 Å². The fraction of sp³-hybridized carbons (Fsp3) is 0.545. The average Bonchev–Trinajstić information content (AvgIpc) is 1.75. The second-order valence-corrected chi connectivity index (χ2v) is 38.9. The number of ether oxygens (including phenoxy) is 3. The maximum absolute atomic E-state index is 12.5. The van der Waals surface area contributed by atoms with E-state index >= 15 is 0 Å². The number of amides is 3. The van der Waals surface area contributed by atoms with Crippen LogP contribution in [-0.2, 0) is 98.3 Å². The molecule has 0 unspecified atom stereocenters. The number of alkyl halides is 1. The molecule has 4 aromatic carbocycles. The summed E-state index contributed by atoms with van der Waals surface area (Å²) in [5.41, 5.74) is 18.9. The predicted octanol–water partition coefficient (Wildman–Crippen LogP) is 18.4. The number of carboxylic acid groups (broad SMARTS) is 2. The highest BCUT2D eigenvalue weighted by Crippen LogP contribution is 2.40. The smallest absolute Gasteiger partial charge is 0.410 e. The standard InChI is InChI=1S/C22H29ClN4O2S2.C18H23ClN4O2S2.C17H21ClN4S2.C16H21Cl2NO2.C4H6O4/c1-22(2,3)29-21(28)27-10-8-15-6-7-18(23)17(16(15)9-11-27)13-30-20-26-25-19(31-20)24-12-14-4-5-14;1-18(2,3)25-17(24)23-8-6-11-4-5-14(19)13(12(11)7-9-23)10-26-16-22-21-15(20)27-16;18-15-4-3-12-5-7-19-8-6-13(12)14(15)10-23-17-22-21-16(24-17)20-9-11-1-2-11;1-16(2,3)21-15(20)19-8-6-11-4-5-14(18)13(10-17)12(11)7-9-19;5-3(6)1-2-4(7)8/h6-7,14H,4-5,8-13H2,1-3H3,(H,24,25);4-5H,6-10H2,1-3H3,(H2,20,21);3-4,11,19H,1-2,5-10H2,(H,20,21);4-5H,6-10H2,1-3H3;1-2H2,(H,5,6)(H,7,8). The maximum Gasteiger partial charge on any atom is 0.410 e. The van der Waals surface area contributed by atoms with Gasteiger partial charge in [0.05, 0.1) is 12.8 Å². The number of fused-ring (bicyclic) bond motifs is 4. The third-order valence-corrected chi connectivity index (χ3v) is 25.9. The molecule has 604 valence electrons. The van der Waals surface area contributed by atoms with E-state index in [1.807, 2.05) is 92.6 Å². The number of nitrogens with zero attached hydrogens (tertiary/aromatic N) is 9. The van der Waals surface area contributed by atoms with Crippen LogP contribution in [-0.4, -0.2) is 168 Å². The molecule has 0 bridgehead atoms. The Morgan fingerprint density at radius 2 is 0.784 bits per heavy atom. The van der Waals surface area contributed by atoms with E-state index in [9.17, 15) is 24.0 Å². The number of nitrogens with two attached hydrogens (primary N) is 1. The lowest BCUT2D eigenvalue weighted by molar-refractivity contribution is -0.143. The van der Waals surface area contributed by atoms with Gasteiger partial charge >= 0.3 is 30.2 Å². The predicted molar refractivity (Wildman–Crippen MR) is 451 cm³/mol. The van der Waals surface area contributed by atoms with Crippen LogP contribution in [0.1, 0.15) is 168 Å². The number of anilines is 3. The number of benzene rings is 4. The molecule has 6 aliphatic rings. The summed E-state index contributed by atoms with van der Waals surface area (Å²) >= 11 is 41.4. The molecule has 23 nitrogen and oxygen atoms in total. The van der Waals surface area contributed by atoms with Crippen molar-refractivity contribution in [3.63, 3.8) is 0 Å². The van der Waals surface area contributed by atoms with Crippen LogP contribution in [0.3, 0.4) is 0 Å². The molecule has 2 saturated carbocycles. The van der Waals surface area contributed by atoms with Crippen molar-refractivity contribution in [2.24, 2.45) is 11.8 Å². The fourth-order valence-electron chi connectivity index (χ4n) is 12.3. The van der Waals surface area contributed by atoms with Crippen molar-refractivity contribution in [3.8, 4) is 0 Å². The van der Waals surface area contributed by atoms with E-state index in [4.69, 9.17) is 88.2 Å². The molecule has 0 saturated heterocycles. The van der Waals surface area contributed by atoms with Gasteiger partial charge in [-0.25, -0.2) is 14.4 Å². The van der Waals surface area contributed by atoms with Gasteiger partial charge in [0.2, 0.25) is 15.4 Å². The molecule has 3 aromatic heterocycles. The minimum atomic E-state index is -1.08. The summed E-state index contributed by atoms with van der Waals surface area (Å²) in [4.78, 5) is 61.8. The molecule has 13 rings (SSSR count).